The number of hydrogen-bond donors (Lipinski definition) is 1. The highest BCUT2D eigenvalue weighted by Gasteiger charge is 2.58. The first kappa shape index (κ1) is 16.0. The summed E-state index contributed by atoms with van der Waals surface area (Å²) in [5.41, 5.74) is 2.11. The number of carbonyl (C=O) groups is 2. The molecule has 1 unspecified atom stereocenters. The molecule has 0 radical (unpaired) electrons. The second kappa shape index (κ2) is 5.99. The van der Waals surface area contributed by atoms with Crippen molar-refractivity contribution in [1.82, 2.24) is 4.90 Å². The number of nitrogens with zero attached hydrogens (tertiary/aromatic N) is 1. The Morgan fingerprint density at radius 2 is 1.87 bits per heavy atom. The topological polar surface area (TPSA) is 49.4 Å². The van der Waals surface area contributed by atoms with Gasteiger partial charge in [-0.1, -0.05) is 25.1 Å². The lowest BCUT2D eigenvalue weighted by atomic mass is 9.96. The average molecular weight is 314 g/mol. The summed E-state index contributed by atoms with van der Waals surface area (Å²) in [7, 11) is 0. The monoisotopic (exact) mass is 314 g/mol. The second-order valence-corrected chi connectivity index (χ2v) is 7.30. The summed E-state index contributed by atoms with van der Waals surface area (Å²) in [5.74, 6) is 0.441. The van der Waals surface area contributed by atoms with Gasteiger partial charge in [0.05, 0.1) is 0 Å². The summed E-state index contributed by atoms with van der Waals surface area (Å²) in [5, 5.41) is 3.03. The fourth-order valence-electron chi connectivity index (χ4n) is 3.58. The molecule has 1 atom stereocenters. The minimum absolute atomic E-state index is 0.0350. The lowest BCUT2D eigenvalue weighted by Gasteiger charge is -2.33. The van der Waals surface area contributed by atoms with Gasteiger partial charge in [-0.3, -0.25) is 9.59 Å². The quantitative estimate of drug-likeness (QED) is 0.870. The second-order valence-electron chi connectivity index (χ2n) is 7.30. The standard InChI is InChI=1S/C19H26N2O2/c1-13-6-5-11-21(12-13)18(23)19(9-10-19)17(22)20-16-14(2)7-4-8-15(16)3/h4,7-8,13H,5-6,9-12H2,1-3H3,(H,20,22). The van der Waals surface area contributed by atoms with Crippen LogP contribution in [0, 0.1) is 25.2 Å². The summed E-state index contributed by atoms with van der Waals surface area (Å²) >= 11 is 0. The number of carbonyl (C=O) groups excluding carboxylic acids is 2. The highest BCUT2D eigenvalue weighted by molar-refractivity contribution is 6.13. The molecule has 2 amide bonds. The molecule has 2 aliphatic rings. The van der Waals surface area contributed by atoms with E-state index in [0.29, 0.717) is 18.8 Å². The lowest BCUT2D eigenvalue weighted by molar-refractivity contribution is -0.143. The van der Waals surface area contributed by atoms with E-state index < -0.39 is 5.41 Å². The maximum absolute atomic E-state index is 12.9. The van der Waals surface area contributed by atoms with Crippen molar-refractivity contribution in [3.63, 3.8) is 0 Å². The molecular weight excluding hydrogens is 288 g/mol. The van der Waals surface area contributed by atoms with Crippen LogP contribution in [0.5, 0.6) is 0 Å². The van der Waals surface area contributed by atoms with Crippen LogP contribution in [0.15, 0.2) is 18.2 Å². The molecule has 1 aromatic carbocycles. The molecule has 3 rings (SSSR count). The third kappa shape index (κ3) is 2.99. The Labute approximate surface area is 138 Å². The number of hydrogen-bond acceptors (Lipinski definition) is 2. The van der Waals surface area contributed by atoms with Crippen molar-refractivity contribution in [3.05, 3.63) is 29.3 Å². The normalized spacial score (nSPS) is 22.6. The maximum atomic E-state index is 12.9. The Bertz CT molecular complexity index is 614. The molecule has 1 heterocycles. The van der Waals surface area contributed by atoms with Crippen molar-refractivity contribution in [2.45, 2.75) is 46.5 Å². The van der Waals surface area contributed by atoms with Gasteiger partial charge in [0.25, 0.3) is 0 Å². The molecule has 1 aliphatic heterocycles. The van der Waals surface area contributed by atoms with E-state index in [2.05, 4.69) is 12.2 Å². The molecule has 2 fully saturated rings. The Hall–Kier alpha value is -1.84. The number of anilines is 1. The fourth-order valence-corrected chi connectivity index (χ4v) is 3.58. The molecule has 124 valence electrons. The molecule has 23 heavy (non-hydrogen) atoms. The highest BCUT2D eigenvalue weighted by atomic mass is 16.2. The zero-order valence-corrected chi connectivity index (χ0v) is 14.3. The van der Waals surface area contributed by atoms with Crippen molar-refractivity contribution in [1.29, 1.82) is 0 Å². The molecular formula is C19H26N2O2. The smallest absolute Gasteiger partial charge is 0.240 e. The zero-order valence-electron chi connectivity index (χ0n) is 14.3. The van der Waals surface area contributed by atoms with Gasteiger partial charge in [0, 0.05) is 18.8 Å². The van der Waals surface area contributed by atoms with Crippen molar-refractivity contribution < 1.29 is 9.59 Å². The van der Waals surface area contributed by atoms with E-state index in [-0.39, 0.29) is 11.8 Å². The van der Waals surface area contributed by atoms with Crippen molar-refractivity contribution in [2.75, 3.05) is 18.4 Å². The molecule has 1 N–H and O–H groups in total. The van der Waals surface area contributed by atoms with Gasteiger partial charge in [-0.15, -0.1) is 0 Å². The van der Waals surface area contributed by atoms with Crippen LogP contribution >= 0.6 is 0 Å². The zero-order chi connectivity index (χ0) is 16.6. The van der Waals surface area contributed by atoms with E-state index in [1.807, 2.05) is 36.9 Å². The molecule has 1 aromatic rings. The predicted molar refractivity (Wildman–Crippen MR) is 91.2 cm³/mol. The lowest BCUT2D eigenvalue weighted by Crippen LogP contribution is -2.47. The van der Waals surface area contributed by atoms with Crippen molar-refractivity contribution >= 4 is 17.5 Å². The van der Waals surface area contributed by atoms with Gasteiger partial charge in [-0.2, -0.15) is 0 Å². The van der Waals surface area contributed by atoms with Crippen LogP contribution in [-0.2, 0) is 9.59 Å². The van der Waals surface area contributed by atoms with Crippen LogP contribution in [0.2, 0.25) is 0 Å². The SMILES string of the molecule is Cc1cccc(C)c1NC(=O)C1(C(=O)N2CCCC(C)C2)CC1. The Kier molecular flexibility index (Phi) is 4.17. The number of piperidine rings is 1. The van der Waals surface area contributed by atoms with Gasteiger partial charge in [0.2, 0.25) is 11.8 Å². The van der Waals surface area contributed by atoms with Crippen LogP contribution in [0.3, 0.4) is 0 Å². The average Bonchev–Trinajstić information content (AvgIpc) is 3.32. The van der Waals surface area contributed by atoms with Crippen molar-refractivity contribution in [3.8, 4) is 0 Å². The van der Waals surface area contributed by atoms with E-state index in [9.17, 15) is 9.59 Å². The first-order chi connectivity index (χ1) is 10.9. The molecule has 0 bridgehead atoms. The van der Waals surface area contributed by atoms with Gasteiger partial charge < -0.3 is 10.2 Å². The van der Waals surface area contributed by atoms with Gasteiger partial charge in [-0.25, -0.2) is 0 Å². The minimum atomic E-state index is -0.814. The van der Waals surface area contributed by atoms with Crippen LogP contribution in [0.1, 0.15) is 43.7 Å². The van der Waals surface area contributed by atoms with E-state index in [0.717, 1.165) is 36.3 Å². The number of likely N-dealkylation sites (tertiary alicyclic amines) is 1. The summed E-state index contributed by atoms with van der Waals surface area (Å²) in [4.78, 5) is 27.6. The molecule has 1 saturated heterocycles. The van der Waals surface area contributed by atoms with E-state index in [1.165, 1.54) is 6.42 Å². The molecule has 1 saturated carbocycles. The third-order valence-electron chi connectivity index (χ3n) is 5.26. The highest BCUT2D eigenvalue weighted by Crippen LogP contribution is 2.48. The molecule has 4 nitrogen and oxygen atoms in total. The fraction of sp³-hybridized carbons (Fsp3) is 0.579. The summed E-state index contributed by atoms with van der Waals surface area (Å²) in [6.45, 7) is 7.72. The van der Waals surface area contributed by atoms with Crippen LogP contribution < -0.4 is 5.32 Å². The maximum Gasteiger partial charge on any atom is 0.240 e. The van der Waals surface area contributed by atoms with Crippen LogP contribution in [0.25, 0.3) is 0 Å². The summed E-state index contributed by atoms with van der Waals surface area (Å²) in [6.07, 6.45) is 3.56. The van der Waals surface area contributed by atoms with E-state index >= 15 is 0 Å². The van der Waals surface area contributed by atoms with E-state index in [4.69, 9.17) is 0 Å². The van der Waals surface area contributed by atoms with Crippen LogP contribution in [0.4, 0.5) is 5.69 Å². The van der Waals surface area contributed by atoms with Crippen molar-refractivity contribution in [2.24, 2.45) is 11.3 Å². The molecule has 4 heteroatoms. The number of rotatable bonds is 3. The van der Waals surface area contributed by atoms with E-state index in [1.54, 1.807) is 0 Å². The molecule has 0 aromatic heterocycles. The summed E-state index contributed by atoms with van der Waals surface area (Å²) in [6, 6.07) is 5.94. The van der Waals surface area contributed by atoms with Gasteiger partial charge in [0.15, 0.2) is 0 Å². The Balaban J connectivity index is 1.75. The molecule has 1 aliphatic carbocycles. The van der Waals surface area contributed by atoms with Gasteiger partial charge in [-0.05, 0) is 56.6 Å². The number of nitrogens with one attached hydrogen (secondary N) is 1. The third-order valence-corrected chi connectivity index (χ3v) is 5.26. The number of benzene rings is 1. The first-order valence-corrected chi connectivity index (χ1v) is 8.61. The first-order valence-electron chi connectivity index (χ1n) is 8.61. The predicted octanol–water partition coefficient (Wildman–Crippen LogP) is 3.28. The Morgan fingerprint density at radius 1 is 1.22 bits per heavy atom. The summed E-state index contributed by atoms with van der Waals surface area (Å²) < 4.78 is 0. The molecule has 0 spiro atoms. The number of amides is 2. The minimum Gasteiger partial charge on any atom is -0.342 e. The number of para-hydroxylation sites is 1. The van der Waals surface area contributed by atoms with Gasteiger partial charge >= 0.3 is 0 Å². The van der Waals surface area contributed by atoms with Crippen LogP contribution in [-0.4, -0.2) is 29.8 Å². The largest absolute Gasteiger partial charge is 0.342 e. The van der Waals surface area contributed by atoms with Gasteiger partial charge in [0.1, 0.15) is 5.41 Å². The number of aryl methyl sites for hydroxylation is 2. The Morgan fingerprint density at radius 3 is 2.43 bits per heavy atom.